The predicted molar refractivity (Wildman–Crippen MR) is 76.5 cm³/mol. The first kappa shape index (κ1) is 16.0. The van der Waals surface area contributed by atoms with Gasteiger partial charge in [-0.05, 0) is 46.1 Å². The lowest BCUT2D eigenvalue weighted by Gasteiger charge is -2.33. The Morgan fingerprint density at radius 2 is 2.26 bits per heavy atom. The van der Waals surface area contributed by atoms with Gasteiger partial charge in [0.15, 0.2) is 0 Å². The molecule has 0 bridgehead atoms. The second-order valence-corrected chi connectivity index (χ2v) is 5.79. The number of hydrogen-bond donors (Lipinski definition) is 1. The van der Waals surface area contributed by atoms with Gasteiger partial charge in [-0.1, -0.05) is 13.3 Å². The Labute approximate surface area is 117 Å². The molecule has 0 aliphatic carbocycles. The second kappa shape index (κ2) is 7.49. The number of nitrogens with one attached hydrogen (secondary N) is 1. The SMILES string of the molecule is CCC(C)(C#N)C(=O)NCCCN1CCCCC1C. The fourth-order valence-electron chi connectivity index (χ4n) is 2.46. The van der Waals surface area contributed by atoms with Crippen molar-refractivity contribution in [3.05, 3.63) is 0 Å². The lowest BCUT2D eigenvalue weighted by Crippen LogP contribution is -2.41. The number of carbonyl (C=O) groups is 1. The molecule has 4 nitrogen and oxygen atoms in total. The van der Waals surface area contributed by atoms with Crippen molar-refractivity contribution in [3.63, 3.8) is 0 Å². The molecule has 1 aliphatic rings. The van der Waals surface area contributed by atoms with Gasteiger partial charge in [-0.2, -0.15) is 5.26 Å². The van der Waals surface area contributed by atoms with E-state index < -0.39 is 5.41 Å². The highest BCUT2D eigenvalue weighted by Gasteiger charge is 2.30. The van der Waals surface area contributed by atoms with Gasteiger partial charge in [0.2, 0.25) is 5.91 Å². The Bertz CT molecular complexity index is 337. The van der Waals surface area contributed by atoms with Crippen LogP contribution in [-0.4, -0.2) is 36.5 Å². The number of likely N-dealkylation sites (tertiary alicyclic amines) is 1. The standard InChI is InChI=1S/C15H27N3O/c1-4-15(3,12-16)14(19)17-9-7-11-18-10-6-5-8-13(18)2/h13H,4-11H2,1-3H3,(H,17,19). The van der Waals surface area contributed by atoms with E-state index in [1.807, 2.05) is 6.92 Å². The van der Waals surface area contributed by atoms with Crippen molar-refractivity contribution in [2.75, 3.05) is 19.6 Å². The van der Waals surface area contributed by atoms with Crippen LogP contribution in [0.25, 0.3) is 0 Å². The lowest BCUT2D eigenvalue weighted by atomic mass is 9.88. The van der Waals surface area contributed by atoms with Crippen molar-refractivity contribution in [2.45, 2.75) is 58.9 Å². The first-order valence-corrected chi connectivity index (χ1v) is 7.47. The molecule has 1 rings (SSSR count). The third-order valence-corrected chi connectivity index (χ3v) is 4.30. The third-order valence-electron chi connectivity index (χ3n) is 4.30. The highest BCUT2D eigenvalue weighted by atomic mass is 16.2. The molecule has 1 amide bonds. The Hall–Kier alpha value is -1.08. The van der Waals surface area contributed by atoms with Crippen molar-refractivity contribution in [3.8, 4) is 6.07 Å². The molecule has 4 heteroatoms. The van der Waals surface area contributed by atoms with Crippen LogP contribution in [0, 0.1) is 16.7 Å². The van der Waals surface area contributed by atoms with Crippen molar-refractivity contribution in [1.29, 1.82) is 5.26 Å². The molecule has 19 heavy (non-hydrogen) atoms. The Morgan fingerprint density at radius 1 is 1.53 bits per heavy atom. The summed E-state index contributed by atoms with van der Waals surface area (Å²) in [5.74, 6) is -0.135. The van der Waals surface area contributed by atoms with E-state index in [4.69, 9.17) is 5.26 Å². The number of nitriles is 1. The van der Waals surface area contributed by atoms with Gasteiger partial charge in [0, 0.05) is 19.1 Å². The topological polar surface area (TPSA) is 56.1 Å². The summed E-state index contributed by atoms with van der Waals surface area (Å²) in [4.78, 5) is 14.4. The van der Waals surface area contributed by atoms with Crippen LogP contribution in [0.2, 0.25) is 0 Å². The zero-order chi connectivity index (χ0) is 14.3. The minimum absolute atomic E-state index is 0.135. The third kappa shape index (κ3) is 4.50. The molecule has 1 fully saturated rings. The summed E-state index contributed by atoms with van der Waals surface area (Å²) in [6.07, 6.45) is 5.43. The molecule has 0 aromatic heterocycles. The fourth-order valence-corrected chi connectivity index (χ4v) is 2.46. The normalized spacial score (nSPS) is 23.4. The predicted octanol–water partition coefficient (Wildman–Crippen LogP) is 2.31. The van der Waals surface area contributed by atoms with E-state index in [0.29, 0.717) is 19.0 Å². The number of amides is 1. The maximum absolute atomic E-state index is 11.9. The lowest BCUT2D eigenvalue weighted by molar-refractivity contribution is -0.127. The molecule has 108 valence electrons. The van der Waals surface area contributed by atoms with Crippen LogP contribution in [0.3, 0.4) is 0 Å². The van der Waals surface area contributed by atoms with E-state index in [-0.39, 0.29) is 5.91 Å². The van der Waals surface area contributed by atoms with Gasteiger partial charge >= 0.3 is 0 Å². The minimum Gasteiger partial charge on any atom is -0.355 e. The first-order valence-electron chi connectivity index (χ1n) is 7.47. The summed E-state index contributed by atoms with van der Waals surface area (Å²) in [7, 11) is 0. The molecule has 1 saturated heterocycles. The second-order valence-electron chi connectivity index (χ2n) is 5.79. The van der Waals surface area contributed by atoms with E-state index in [0.717, 1.165) is 13.0 Å². The summed E-state index contributed by atoms with van der Waals surface area (Å²) in [6.45, 7) is 8.74. The first-order chi connectivity index (χ1) is 9.03. The quantitative estimate of drug-likeness (QED) is 0.750. The van der Waals surface area contributed by atoms with Crippen LogP contribution in [-0.2, 0) is 4.79 Å². The molecular weight excluding hydrogens is 238 g/mol. The molecule has 1 aliphatic heterocycles. The maximum atomic E-state index is 11.9. The van der Waals surface area contributed by atoms with Crippen LogP contribution in [0.5, 0.6) is 0 Å². The van der Waals surface area contributed by atoms with Crippen LogP contribution in [0.15, 0.2) is 0 Å². The van der Waals surface area contributed by atoms with E-state index >= 15 is 0 Å². The van der Waals surface area contributed by atoms with Crippen LogP contribution < -0.4 is 5.32 Å². The number of carbonyl (C=O) groups excluding carboxylic acids is 1. The van der Waals surface area contributed by atoms with Crippen molar-refractivity contribution < 1.29 is 4.79 Å². The van der Waals surface area contributed by atoms with Gasteiger partial charge in [0.25, 0.3) is 0 Å². The fraction of sp³-hybridized carbons (Fsp3) is 0.867. The van der Waals surface area contributed by atoms with E-state index in [1.54, 1.807) is 6.92 Å². The smallest absolute Gasteiger partial charge is 0.240 e. The minimum atomic E-state index is -0.877. The Balaban J connectivity index is 2.24. The van der Waals surface area contributed by atoms with Gasteiger partial charge in [-0.3, -0.25) is 4.79 Å². The Morgan fingerprint density at radius 3 is 2.84 bits per heavy atom. The molecule has 0 aromatic rings. The molecule has 0 radical (unpaired) electrons. The summed E-state index contributed by atoms with van der Waals surface area (Å²) in [6, 6.07) is 2.77. The summed E-state index contributed by atoms with van der Waals surface area (Å²) in [5.41, 5.74) is -0.877. The van der Waals surface area contributed by atoms with Crippen molar-refractivity contribution >= 4 is 5.91 Å². The molecule has 0 aromatic carbocycles. The largest absolute Gasteiger partial charge is 0.355 e. The van der Waals surface area contributed by atoms with E-state index in [2.05, 4.69) is 23.2 Å². The summed E-state index contributed by atoms with van der Waals surface area (Å²) >= 11 is 0. The van der Waals surface area contributed by atoms with Crippen LogP contribution in [0.1, 0.15) is 52.9 Å². The number of rotatable bonds is 6. The molecule has 2 atom stereocenters. The van der Waals surface area contributed by atoms with Gasteiger partial charge in [0.05, 0.1) is 6.07 Å². The number of nitrogens with zero attached hydrogens (tertiary/aromatic N) is 2. The summed E-state index contributed by atoms with van der Waals surface area (Å²) < 4.78 is 0. The zero-order valence-corrected chi connectivity index (χ0v) is 12.5. The summed E-state index contributed by atoms with van der Waals surface area (Å²) in [5, 5.41) is 11.9. The average Bonchev–Trinajstić information content (AvgIpc) is 2.44. The Kier molecular flexibility index (Phi) is 6.30. The molecular formula is C15H27N3O. The van der Waals surface area contributed by atoms with Crippen LogP contribution >= 0.6 is 0 Å². The highest BCUT2D eigenvalue weighted by molar-refractivity contribution is 5.84. The van der Waals surface area contributed by atoms with E-state index in [1.165, 1.54) is 25.8 Å². The molecule has 0 saturated carbocycles. The van der Waals surface area contributed by atoms with Gasteiger partial charge in [0.1, 0.15) is 5.41 Å². The molecule has 0 spiro atoms. The van der Waals surface area contributed by atoms with Gasteiger partial charge in [-0.15, -0.1) is 0 Å². The van der Waals surface area contributed by atoms with Gasteiger partial charge in [-0.25, -0.2) is 0 Å². The number of piperidine rings is 1. The maximum Gasteiger partial charge on any atom is 0.240 e. The molecule has 2 unspecified atom stereocenters. The monoisotopic (exact) mass is 265 g/mol. The van der Waals surface area contributed by atoms with Crippen molar-refractivity contribution in [2.24, 2.45) is 5.41 Å². The molecule has 1 N–H and O–H groups in total. The zero-order valence-electron chi connectivity index (χ0n) is 12.5. The average molecular weight is 265 g/mol. The van der Waals surface area contributed by atoms with Crippen LogP contribution in [0.4, 0.5) is 0 Å². The molecule has 1 heterocycles. The number of hydrogen-bond acceptors (Lipinski definition) is 3. The van der Waals surface area contributed by atoms with Gasteiger partial charge < -0.3 is 10.2 Å². The van der Waals surface area contributed by atoms with Crippen molar-refractivity contribution in [1.82, 2.24) is 10.2 Å². The van der Waals surface area contributed by atoms with E-state index in [9.17, 15) is 4.79 Å². The highest BCUT2D eigenvalue weighted by Crippen LogP contribution is 2.19.